The number of nitrogens with two attached hydrogens (primary N) is 1. The van der Waals surface area contributed by atoms with E-state index in [0.717, 1.165) is 6.42 Å². The zero-order valence-corrected chi connectivity index (χ0v) is 12.5. The third kappa shape index (κ3) is 6.68. The van der Waals surface area contributed by atoms with E-state index in [9.17, 15) is 0 Å². The highest BCUT2D eigenvalue weighted by molar-refractivity contribution is 5.36. The number of rotatable bonds is 11. The number of hydrogen-bond donors (Lipinski definition) is 2. The predicted octanol–water partition coefficient (Wildman–Crippen LogP) is 2.65. The van der Waals surface area contributed by atoms with Crippen molar-refractivity contribution >= 4 is 5.82 Å². The normalized spacial score (nSPS) is 10.6. The van der Waals surface area contributed by atoms with Gasteiger partial charge in [-0.15, -0.1) is 0 Å². The summed E-state index contributed by atoms with van der Waals surface area (Å²) in [5, 5.41) is 0. The number of unbranched alkanes of at least 4 members (excludes halogenated alkanes) is 5. The monoisotopic (exact) mass is 282 g/mol. The van der Waals surface area contributed by atoms with E-state index in [2.05, 4.69) is 22.3 Å². The molecular formula is C14H26N4O2. The van der Waals surface area contributed by atoms with Gasteiger partial charge in [-0.05, 0) is 6.42 Å². The molecule has 0 aliphatic rings. The maximum absolute atomic E-state index is 5.64. The summed E-state index contributed by atoms with van der Waals surface area (Å²) in [7, 11) is 1.60. The number of methoxy groups -OCH3 is 1. The molecule has 0 bridgehead atoms. The van der Waals surface area contributed by atoms with E-state index in [1.807, 2.05) is 0 Å². The molecule has 6 heteroatoms. The molecule has 0 spiro atoms. The van der Waals surface area contributed by atoms with Crippen molar-refractivity contribution in [2.45, 2.75) is 52.1 Å². The van der Waals surface area contributed by atoms with Crippen LogP contribution in [0.2, 0.25) is 0 Å². The van der Waals surface area contributed by atoms with Crippen LogP contribution in [0.25, 0.3) is 0 Å². The minimum Gasteiger partial charge on any atom is -0.478 e. The van der Waals surface area contributed by atoms with Crippen LogP contribution in [0.15, 0.2) is 6.07 Å². The molecule has 0 atom stereocenters. The van der Waals surface area contributed by atoms with Gasteiger partial charge in [0.25, 0.3) is 0 Å². The van der Waals surface area contributed by atoms with Gasteiger partial charge in [-0.25, -0.2) is 10.8 Å². The highest BCUT2D eigenvalue weighted by Crippen LogP contribution is 2.14. The molecule has 114 valence electrons. The number of anilines is 1. The first-order valence-electron chi connectivity index (χ1n) is 7.26. The fraction of sp³-hybridized carbons (Fsp3) is 0.714. The third-order valence-electron chi connectivity index (χ3n) is 2.92. The lowest BCUT2D eigenvalue weighted by Crippen LogP contribution is -2.12. The lowest BCUT2D eigenvalue weighted by Gasteiger charge is -2.09. The van der Waals surface area contributed by atoms with Crippen molar-refractivity contribution in [1.29, 1.82) is 0 Å². The van der Waals surface area contributed by atoms with E-state index in [4.69, 9.17) is 15.3 Å². The average Bonchev–Trinajstić information content (AvgIpc) is 2.46. The first kappa shape index (κ1) is 16.7. The Morgan fingerprint density at radius 1 is 1.15 bits per heavy atom. The highest BCUT2D eigenvalue weighted by Gasteiger charge is 2.04. The van der Waals surface area contributed by atoms with E-state index in [-0.39, 0.29) is 0 Å². The second kappa shape index (κ2) is 10.4. The van der Waals surface area contributed by atoms with Crippen molar-refractivity contribution < 1.29 is 9.47 Å². The van der Waals surface area contributed by atoms with E-state index >= 15 is 0 Å². The molecule has 6 nitrogen and oxygen atoms in total. The number of ether oxygens (including phenoxy) is 2. The number of nitrogens with one attached hydrogen (secondary N) is 1. The lowest BCUT2D eigenvalue weighted by atomic mass is 10.1. The Hall–Kier alpha value is -1.40. The van der Waals surface area contributed by atoms with E-state index in [1.54, 1.807) is 13.2 Å². The van der Waals surface area contributed by atoms with Gasteiger partial charge in [0.05, 0.1) is 6.61 Å². The molecule has 20 heavy (non-hydrogen) atoms. The molecule has 0 radical (unpaired) electrons. The largest absolute Gasteiger partial charge is 0.478 e. The topological polar surface area (TPSA) is 82.3 Å². The van der Waals surface area contributed by atoms with Gasteiger partial charge < -0.3 is 14.9 Å². The standard InChI is InChI=1S/C14H26N4O2/c1-3-4-5-6-7-8-9-20-14-10-12(18-15)16-13(17-14)11-19-2/h10H,3-9,11,15H2,1-2H3,(H,16,17,18). The summed E-state index contributed by atoms with van der Waals surface area (Å²) < 4.78 is 10.7. The molecule has 1 heterocycles. The Bertz CT molecular complexity index is 374. The third-order valence-corrected chi connectivity index (χ3v) is 2.92. The minimum atomic E-state index is 0.336. The summed E-state index contributed by atoms with van der Waals surface area (Å²) in [5.41, 5.74) is 2.50. The van der Waals surface area contributed by atoms with E-state index < -0.39 is 0 Å². The van der Waals surface area contributed by atoms with Gasteiger partial charge in [-0.2, -0.15) is 4.98 Å². The second-order valence-corrected chi connectivity index (χ2v) is 4.70. The van der Waals surface area contributed by atoms with Crippen LogP contribution in [0.5, 0.6) is 5.88 Å². The number of hydrazine groups is 1. The van der Waals surface area contributed by atoms with Crippen LogP contribution in [-0.2, 0) is 11.3 Å². The molecule has 0 unspecified atom stereocenters. The van der Waals surface area contributed by atoms with Crippen molar-refractivity contribution in [3.05, 3.63) is 11.9 Å². The quantitative estimate of drug-likeness (QED) is 0.369. The Balaban J connectivity index is 2.33. The first-order chi connectivity index (χ1) is 9.80. The lowest BCUT2D eigenvalue weighted by molar-refractivity contribution is 0.176. The maximum atomic E-state index is 5.64. The molecule has 3 N–H and O–H groups in total. The first-order valence-corrected chi connectivity index (χ1v) is 7.26. The van der Waals surface area contributed by atoms with Gasteiger partial charge in [0.2, 0.25) is 5.88 Å². The van der Waals surface area contributed by atoms with Gasteiger partial charge >= 0.3 is 0 Å². The van der Waals surface area contributed by atoms with Crippen LogP contribution in [0, 0.1) is 0 Å². The Kier molecular flexibility index (Phi) is 8.66. The minimum absolute atomic E-state index is 0.336. The number of hydrogen-bond acceptors (Lipinski definition) is 6. The highest BCUT2D eigenvalue weighted by atomic mass is 16.5. The average molecular weight is 282 g/mol. The van der Waals surface area contributed by atoms with Crippen molar-refractivity contribution in [3.63, 3.8) is 0 Å². The molecule has 0 aromatic carbocycles. The number of nitrogen functional groups attached to an aromatic ring is 1. The molecule has 0 aliphatic heterocycles. The fourth-order valence-electron chi connectivity index (χ4n) is 1.87. The van der Waals surface area contributed by atoms with Gasteiger partial charge in [0, 0.05) is 13.2 Å². The van der Waals surface area contributed by atoms with Crippen LogP contribution < -0.4 is 16.0 Å². The Labute approximate surface area is 121 Å². The van der Waals surface area contributed by atoms with Crippen LogP contribution in [0.3, 0.4) is 0 Å². The van der Waals surface area contributed by atoms with Gasteiger partial charge in [0.1, 0.15) is 12.4 Å². The van der Waals surface area contributed by atoms with Crippen LogP contribution in [0.1, 0.15) is 51.3 Å². The molecule has 0 fully saturated rings. The van der Waals surface area contributed by atoms with E-state index in [0.29, 0.717) is 30.7 Å². The summed E-state index contributed by atoms with van der Waals surface area (Å²) in [5.74, 6) is 6.99. The predicted molar refractivity (Wildman–Crippen MR) is 79.4 cm³/mol. The molecule has 0 amide bonds. The number of nitrogens with zero attached hydrogens (tertiary/aromatic N) is 2. The molecule has 1 aromatic heterocycles. The number of aromatic nitrogens is 2. The van der Waals surface area contributed by atoms with Gasteiger partial charge in [-0.3, -0.25) is 0 Å². The smallest absolute Gasteiger partial charge is 0.218 e. The summed E-state index contributed by atoms with van der Waals surface area (Å²) in [6, 6.07) is 1.69. The summed E-state index contributed by atoms with van der Waals surface area (Å²) >= 11 is 0. The molecule has 1 rings (SSSR count). The van der Waals surface area contributed by atoms with Crippen molar-refractivity contribution in [3.8, 4) is 5.88 Å². The second-order valence-electron chi connectivity index (χ2n) is 4.70. The Morgan fingerprint density at radius 3 is 2.60 bits per heavy atom. The van der Waals surface area contributed by atoms with Crippen molar-refractivity contribution in [2.24, 2.45) is 5.84 Å². The molecular weight excluding hydrogens is 256 g/mol. The molecule has 1 aromatic rings. The molecule has 0 aliphatic carbocycles. The molecule has 0 saturated carbocycles. The van der Waals surface area contributed by atoms with Crippen molar-refractivity contribution in [2.75, 3.05) is 19.1 Å². The molecule has 0 saturated heterocycles. The fourth-order valence-corrected chi connectivity index (χ4v) is 1.87. The van der Waals surface area contributed by atoms with Gasteiger partial charge in [0.15, 0.2) is 5.82 Å². The zero-order chi connectivity index (χ0) is 14.6. The van der Waals surface area contributed by atoms with Crippen LogP contribution >= 0.6 is 0 Å². The van der Waals surface area contributed by atoms with Crippen LogP contribution in [-0.4, -0.2) is 23.7 Å². The summed E-state index contributed by atoms with van der Waals surface area (Å²) in [6.45, 7) is 3.22. The Morgan fingerprint density at radius 2 is 1.90 bits per heavy atom. The summed E-state index contributed by atoms with van der Waals surface area (Å²) in [4.78, 5) is 8.43. The van der Waals surface area contributed by atoms with Crippen molar-refractivity contribution in [1.82, 2.24) is 9.97 Å². The summed E-state index contributed by atoms with van der Waals surface area (Å²) in [6.07, 6.45) is 7.40. The van der Waals surface area contributed by atoms with E-state index in [1.165, 1.54) is 32.1 Å². The van der Waals surface area contributed by atoms with Gasteiger partial charge in [-0.1, -0.05) is 39.0 Å². The maximum Gasteiger partial charge on any atom is 0.218 e. The zero-order valence-electron chi connectivity index (χ0n) is 12.5. The van der Waals surface area contributed by atoms with Crippen LogP contribution in [0.4, 0.5) is 5.82 Å². The SMILES string of the molecule is CCCCCCCCOc1cc(NN)nc(COC)n1.